The topological polar surface area (TPSA) is 94.5 Å². The summed E-state index contributed by atoms with van der Waals surface area (Å²) in [7, 11) is 0. The van der Waals surface area contributed by atoms with E-state index in [0.29, 0.717) is 0 Å². The maximum atomic E-state index is 0. The summed E-state index contributed by atoms with van der Waals surface area (Å²) in [6, 6.07) is 0. The Balaban J connectivity index is 0. The van der Waals surface area contributed by atoms with E-state index in [9.17, 15) is 0 Å². The molecule has 0 unspecified atom stereocenters. The molecular weight excluding hydrogens is 214 g/mol. The van der Waals surface area contributed by atoms with E-state index >= 15 is 0 Å². The molecule has 0 aliphatic carbocycles. The van der Waals surface area contributed by atoms with Crippen molar-refractivity contribution >= 4 is 17.4 Å². The molecule has 0 aliphatic rings. The van der Waals surface area contributed by atoms with Gasteiger partial charge in [0.25, 0.3) is 0 Å². The SMILES string of the molecule is O.O.O.[Al].[La]. The van der Waals surface area contributed by atoms with Crippen molar-refractivity contribution in [2.75, 3.05) is 0 Å². The minimum Gasteiger partial charge on any atom is -0.412 e. The summed E-state index contributed by atoms with van der Waals surface area (Å²) < 4.78 is 0. The van der Waals surface area contributed by atoms with Crippen molar-refractivity contribution < 1.29 is 52.0 Å². The smallest absolute Gasteiger partial charge is 0 e. The van der Waals surface area contributed by atoms with Gasteiger partial charge in [-0.1, -0.05) is 0 Å². The van der Waals surface area contributed by atoms with Crippen LogP contribution in [0.2, 0.25) is 0 Å². The van der Waals surface area contributed by atoms with Crippen LogP contribution in [0.4, 0.5) is 0 Å². The third-order valence-electron chi connectivity index (χ3n) is 0. The Morgan fingerprint density at radius 3 is 0.600 bits per heavy atom. The van der Waals surface area contributed by atoms with Crippen LogP contribution >= 0.6 is 0 Å². The fourth-order valence-electron chi connectivity index (χ4n) is 0. The van der Waals surface area contributed by atoms with Crippen molar-refractivity contribution in [2.24, 2.45) is 0 Å². The van der Waals surface area contributed by atoms with Crippen molar-refractivity contribution in [2.45, 2.75) is 0 Å². The predicted octanol–water partition coefficient (Wildman–Crippen LogP) is -2.85. The van der Waals surface area contributed by atoms with Crippen LogP contribution in [-0.2, 0) is 0 Å². The molecule has 0 saturated carbocycles. The Morgan fingerprint density at radius 2 is 0.600 bits per heavy atom. The van der Waals surface area contributed by atoms with Crippen LogP contribution in [0.15, 0.2) is 0 Å². The van der Waals surface area contributed by atoms with E-state index in [4.69, 9.17) is 0 Å². The molecule has 0 saturated heterocycles. The summed E-state index contributed by atoms with van der Waals surface area (Å²) in [5.74, 6) is 0. The first-order chi connectivity index (χ1) is 0. The molecule has 4 radical (unpaired) electrons. The second kappa shape index (κ2) is 46.1. The van der Waals surface area contributed by atoms with Gasteiger partial charge in [-0.3, -0.25) is 0 Å². The minimum absolute atomic E-state index is 0. The molecule has 0 aliphatic heterocycles. The first-order valence-electron chi connectivity index (χ1n) is 0. The molecule has 0 amide bonds. The third kappa shape index (κ3) is 28.2. The molecule has 0 bridgehead atoms. The van der Waals surface area contributed by atoms with Gasteiger partial charge in [0.05, 0.1) is 0 Å². The average molecular weight is 220 g/mol. The van der Waals surface area contributed by atoms with Gasteiger partial charge in [0.2, 0.25) is 0 Å². The molecule has 5 heteroatoms. The van der Waals surface area contributed by atoms with Crippen LogP contribution in [0.1, 0.15) is 0 Å². The summed E-state index contributed by atoms with van der Waals surface area (Å²) >= 11 is 0. The summed E-state index contributed by atoms with van der Waals surface area (Å²) in [5, 5.41) is 0. The maximum absolute atomic E-state index is 0. The quantitative estimate of drug-likeness (QED) is 0.392. The van der Waals surface area contributed by atoms with Gasteiger partial charge in [0.1, 0.15) is 0 Å². The summed E-state index contributed by atoms with van der Waals surface area (Å²) in [5.41, 5.74) is 0. The van der Waals surface area contributed by atoms with Crippen molar-refractivity contribution in [1.29, 1.82) is 0 Å². The van der Waals surface area contributed by atoms with Crippen molar-refractivity contribution in [3.8, 4) is 0 Å². The Kier molecular flexibility index (Phi) is 741. The maximum Gasteiger partial charge on any atom is 0 e. The summed E-state index contributed by atoms with van der Waals surface area (Å²) in [6.45, 7) is 0. The van der Waals surface area contributed by atoms with Crippen molar-refractivity contribution in [1.82, 2.24) is 0 Å². The molecule has 30 valence electrons. The first kappa shape index (κ1) is 80.4. The van der Waals surface area contributed by atoms with E-state index in [2.05, 4.69) is 0 Å². The number of hydrogen-bond donors (Lipinski definition) is 0. The molecule has 0 rings (SSSR count). The van der Waals surface area contributed by atoms with E-state index in [-0.39, 0.29) is 69.4 Å². The van der Waals surface area contributed by atoms with E-state index in [1.165, 1.54) is 0 Å². The van der Waals surface area contributed by atoms with Gasteiger partial charge in [-0.25, -0.2) is 0 Å². The minimum atomic E-state index is 0. The van der Waals surface area contributed by atoms with Crippen molar-refractivity contribution in [3.63, 3.8) is 0 Å². The van der Waals surface area contributed by atoms with Gasteiger partial charge in [0.15, 0.2) is 0 Å². The molecule has 0 aromatic heterocycles. The zero-order valence-corrected chi connectivity index (χ0v) is 7.44. The van der Waals surface area contributed by atoms with E-state index < -0.39 is 0 Å². The van der Waals surface area contributed by atoms with Crippen LogP contribution in [0, 0.1) is 35.6 Å². The second-order valence-electron chi connectivity index (χ2n) is 0. The Hall–Kier alpha value is 1.61. The largest absolute Gasteiger partial charge is 0.412 e. The molecule has 0 spiro atoms. The molecule has 0 aromatic carbocycles. The average Bonchev–Trinajstić information content (AvgIpc) is 0. The van der Waals surface area contributed by atoms with Crippen LogP contribution in [-0.4, -0.2) is 33.8 Å². The van der Waals surface area contributed by atoms with Gasteiger partial charge in [0, 0.05) is 53.0 Å². The van der Waals surface area contributed by atoms with Gasteiger partial charge in [-0.15, -0.1) is 0 Å². The van der Waals surface area contributed by atoms with Crippen molar-refractivity contribution in [3.05, 3.63) is 0 Å². The Morgan fingerprint density at radius 1 is 0.600 bits per heavy atom. The van der Waals surface area contributed by atoms with Crippen LogP contribution in [0.25, 0.3) is 0 Å². The van der Waals surface area contributed by atoms with Crippen LogP contribution < -0.4 is 0 Å². The summed E-state index contributed by atoms with van der Waals surface area (Å²) in [4.78, 5) is 0. The van der Waals surface area contributed by atoms with Gasteiger partial charge < -0.3 is 16.4 Å². The zero-order valence-electron chi connectivity index (χ0n) is 2.65. The predicted molar refractivity (Wildman–Crippen MR) is 16.6 cm³/mol. The van der Waals surface area contributed by atoms with Gasteiger partial charge in [-0.05, 0) is 0 Å². The Bertz CT molecular complexity index is 6.85. The molecule has 0 heterocycles. The molecule has 0 atom stereocenters. The number of hydrogen-bond acceptors (Lipinski definition) is 0. The normalized spacial score (nSPS) is 0. The molecular formula is H6AlLaO3. The zero-order chi connectivity index (χ0) is 0. The monoisotopic (exact) mass is 220 g/mol. The molecule has 5 heavy (non-hydrogen) atoms. The molecule has 0 fully saturated rings. The first-order valence-corrected chi connectivity index (χ1v) is 0. The number of rotatable bonds is 0. The van der Waals surface area contributed by atoms with E-state index in [1.807, 2.05) is 0 Å². The van der Waals surface area contributed by atoms with Gasteiger partial charge in [-0.2, -0.15) is 0 Å². The van der Waals surface area contributed by atoms with E-state index in [1.54, 1.807) is 0 Å². The standard InChI is InChI=1S/Al.La.3H2O/h;;3*1H2. The summed E-state index contributed by atoms with van der Waals surface area (Å²) in [6.07, 6.45) is 0. The second-order valence-corrected chi connectivity index (χ2v) is 0. The van der Waals surface area contributed by atoms with Crippen LogP contribution in [0.3, 0.4) is 0 Å². The third-order valence-corrected chi connectivity index (χ3v) is 0. The van der Waals surface area contributed by atoms with Crippen LogP contribution in [0.5, 0.6) is 0 Å². The molecule has 3 nitrogen and oxygen atoms in total. The fraction of sp³-hybridized carbons (Fsp3) is 0. The molecule has 0 aromatic rings. The fourth-order valence-corrected chi connectivity index (χ4v) is 0. The van der Waals surface area contributed by atoms with Gasteiger partial charge >= 0.3 is 0 Å². The Labute approximate surface area is 68.8 Å². The van der Waals surface area contributed by atoms with E-state index in [0.717, 1.165) is 0 Å². The molecule has 6 N–H and O–H groups in total.